The molecule has 0 aliphatic carbocycles. The lowest BCUT2D eigenvalue weighted by Gasteiger charge is -2.15. The van der Waals surface area contributed by atoms with Gasteiger partial charge in [0.15, 0.2) is 11.6 Å². The molecule has 3 nitrogen and oxygen atoms in total. The molecule has 0 aliphatic heterocycles. The Kier molecular flexibility index (Phi) is 5.41. The van der Waals surface area contributed by atoms with Crippen molar-refractivity contribution in [3.63, 3.8) is 0 Å². The molecule has 5 aromatic carbocycles. The molecule has 0 atom stereocenters. The minimum absolute atomic E-state index is 0.836. The molecule has 0 bridgehead atoms. The van der Waals surface area contributed by atoms with Crippen molar-refractivity contribution in [1.29, 1.82) is 0 Å². The van der Waals surface area contributed by atoms with Crippen molar-refractivity contribution in [2.45, 2.75) is 13.8 Å². The average Bonchev–Trinajstić information content (AvgIpc) is 3.57. The van der Waals surface area contributed by atoms with Crippen LogP contribution in [0.3, 0.4) is 0 Å². The topological polar surface area (TPSA) is 30.7 Å². The second-order valence-electron chi connectivity index (χ2n) is 9.65. The summed E-state index contributed by atoms with van der Waals surface area (Å²) in [6, 6.07) is 40.6. The smallest absolute Gasteiger partial charge is 0.169 e. The standard InChI is InChI=1S/C34H25N3S/c1-22-21-30(34-36-35-33(24-12-5-3-6-13-24)37(34)25-14-7-4-8-15-25)23(2)20-29(22)28-18-11-17-27-26-16-9-10-19-31(26)38-32(27)28/h3-21H,1-2H3. The summed E-state index contributed by atoms with van der Waals surface area (Å²) in [4.78, 5) is 0. The van der Waals surface area contributed by atoms with Crippen LogP contribution in [0.25, 0.3) is 59.8 Å². The van der Waals surface area contributed by atoms with Gasteiger partial charge < -0.3 is 0 Å². The van der Waals surface area contributed by atoms with Gasteiger partial charge in [0, 0.05) is 37.0 Å². The number of aryl methyl sites for hydroxylation is 2. The Morgan fingerprint density at radius 1 is 0.553 bits per heavy atom. The molecule has 38 heavy (non-hydrogen) atoms. The van der Waals surface area contributed by atoms with Gasteiger partial charge in [-0.25, -0.2) is 0 Å². The first-order valence-corrected chi connectivity index (χ1v) is 13.6. The number of nitrogens with zero attached hydrogens (tertiary/aromatic N) is 3. The van der Waals surface area contributed by atoms with Crippen LogP contribution in [-0.2, 0) is 0 Å². The van der Waals surface area contributed by atoms with Gasteiger partial charge in [-0.05, 0) is 60.4 Å². The molecule has 4 heteroatoms. The fourth-order valence-corrected chi connectivity index (χ4v) is 6.59. The predicted octanol–water partition coefficient (Wildman–Crippen LogP) is 9.25. The lowest BCUT2D eigenvalue weighted by atomic mass is 9.93. The molecular weight excluding hydrogens is 482 g/mol. The van der Waals surface area contributed by atoms with Crippen molar-refractivity contribution in [2.24, 2.45) is 0 Å². The fourth-order valence-electron chi connectivity index (χ4n) is 5.36. The monoisotopic (exact) mass is 507 g/mol. The number of fused-ring (bicyclic) bond motifs is 3. The Balaban J connectivity index is 1.42. The van der Waals surface area contributed by atoms with E-state index in [0.717, 1.165) is 28.5 Å². The van der Waals surface area contributed by atoms with Crippen LogP contribution in [0.15, 0.2) is 115 Å². The molecule has 0 unspecified atom stereocenters. The summed E-state index contributed by atoms with van der Waals surface area (Å²) in [6.07, 6.45) is 0. The number of benzene rings is 5. The average molecular weight is 508 g/mol. The molecule has 0 amide bonds. The number of para-hydroxylation sites is 1. The molecule has 182 valence electrons. The van der Waals surface area contributed by atoms with Gasteiger partial charge in [-0.2, -0.15) is 0 Å². The second-order valence-corrected chi connectivity index (χ2v) is 10.7. The van der Waals surface area contributed by atoms with Crippen molar-refractivity contribution in [3.8, 4) is 39.6 Å². The van der Waals surface area contributed by atoms with Crippen molar-refractivity contribution >= 4 is 31.5 Å². The van der Waals surface area contributed by atoms with Crippen LogP contribution in [0.2, 0.25) is 0 Å². The van der Waals surface area contributed by atoms with Crippen molar-refractivity contribution < 1.29 is 0 Å². The van der Waals surface area contributed by atoms with Crippen LogP contribution in [0.5, 0.6) is 0 Å². The zero-order chi connectivity index (χ0) is 25.6. The van der Waals surface area contributed by atoms with Gasteiger partial charge in [-0.1, -0.05) is 91.0 Å². The molecule has 0 aliphatic rings. The molecule has 0 spiro atoms. The van der Waals surface area contributed by atoms with Crippen LogP contribution in [-0.4, -0.2) is 14.8 Å². The highest BCUT2D eigenvalue weighted by atomic mass is 32.1. The lowest BCUT2D eigenvalue weighted by Crippen LogP contribution is -2.01. The van der Waals surface area contributed by atoms with Crippen LogP contribution >= 0.6 is 11.3 Å². The molecular formula is C34H25N3S. The number of thiophene rings is 1. The Morgan fingerprint density at radius 2 is 1.18 bits per heavy atom. The molecule has 2 aromatic heterocycles. The summed E-state index contributed by atoms with van der Waals surface area (Å²) < 4.78 is 4.83. The van der Waals surface area contributed by atoms with E-state index < -0.39 is 0 Å². The number of aromatic nitrogens is 3. The molecule has 0 saturated carbocycles. The molecule has 7 rings (SSSR count). The van der Waals surface area contributed by atoms with E-state index in [1.165, 1.54) is 42.4 Å². The third-order valence-electron chi connectivity index (χ3n) is 7.22. The first-order valence-electron chi connectivity index (χ1n) is 12.8. The Labute approximate surface area is 225 Å². The first-order chi connectivity index (χ1) is 18.7. The maximum absolute atomic E-state index is 4.74. The number of rotatable bonds is 4. The van der Waals surface area contributed by atoms with E-state index in [1.807, 2.05) is 35.6 Å². The fraction of sp³-hybridized carbons (Fsp3) is 0.0588. The van der Waals surface area contributed by atoms with Crippen LogP contribution in [0.4, 0.5) is 0 Å². The summed E-state index contributed by atoms with van der Waals surface area (Å²) in [6.45, 7) is 4.38. The van der Waals surface area contributed by atoms with E-state index in [-0.39, 0.29) is 0 Å². The molecule has 0 N–H and O–H groups in total. The number of hydrogen-bond acceptors (Lipinski definition) is 3. The third kappa shape index (κ3) is 3.65. The summed E-state index contributed by atoms with van der Waals surface area (Å²) in [5, 5.41) is 12.1. The van der Waals surface area contributed by atoms with Gasteiger partial charge in [0.1, 0.15) is 0 Å². The Morgan fingerprint density at radius 3 is 2.00 bits per heavy atom. The summed E-state index contributed by atoms with van der Waals surface area (Å²) in [5.41, 5.74) is 8.11. The zero-order valence-corrected chi connectivity index (χ0v) is 22.0. The molecule has 0 fully saturated rings. The highest BCUT2D eigenvalue weighted by Crippen LogP contribution is 2.42. The van der Waals surface area contributed by atoms with E-state index in [4.69, 9.17) is 5.10 Å². The van der Waals surface area contributed by atoms with Gasteiger partial charge in [-0.15, -0.1) is 21.5 Å². The normalized spacial score (nSPS) is 11.4. The van der Waals surface area contributed by atoms with Gasteiger partial charge in [-0.3, -0.25) is 4.57 Å². The minimum Gasteiger partial charge on any atom is -0.275 e. The lowest BCUT2D eigenvalue weighted by molar-refractivity contribution is 1.07. The first kappa shape index (κ1) is 22.6. The van der Waals surface area contributed by atoms with Gasteiger partial charge >= 0.3 is 0 Å². The zero-order valence-electron chi connectivity index (χ0n) is 21.2. The molecule has 7 aromatic rings. The maximum atomic E-state index is 4.74. The van der Waals surface area contributed by atoms with Gasteiger partial charge in [0.2, 0.25) is 0 Å². The van der Waals surface area contributed by atoms with E-state index in [0.29, 0.717) is 0 Å². The van der Waals surface area contributed by atoms with E-state index in [9.17, 15) is 0 Å². The van der Waals surface area contributed by atoms with Crippen LogP contribution in [0.1, 0.15) is 11.1 Å². The molecule has 0 radical (unpaired) electrons. The van der Waals surface area contributed by atoms with Crippen LogP contribution in [0, 0.1) is 13.8 Å². The molecule has 2 heterocycles. The van der Waals surface area contributed by atoms with E-state index >= 15 is 0 Å². The SMILES string of the molecule is Cc1cc(-c2nnc(-c3ccccc3)n2-c2ccccc2)c(C)cc1-c1cccc2c1sc1ccccc12. The third-order valence-corrected chi connectivity index (χ3v) is 8.44. The highest BCUT2D eigenvalue weighted by Gasteiger charge is 2.20. The largest absolute Gasteiger partial charge is 0.275 e. The van der Waals surface area contributed by atoms with Gasteiger partial charge in [0.25, 0.3) is 0 Å². The minimum atomic E-state index is 0.836. The Hall–Kier alpha value is -4.54. The quantitative estimate of drug-likeness (QED) is 0.238. The van der Waals surface area contributed by atoms with Crippen molar-refractivity contribution in [2.75, 3.05) is 0 Å². The van der Waals surface area contributed by atoms with E-state index in [1.54, 1.807) is 0 Å². The van der Waals surface area contributed by atoms with E-state index in [2.05, 4.69) is 115 Å². The number of hydrogen-bond donors (Lipinski definition) is 0. The summed E-state index contributed by atoms with van der Waals surface area (Å²) in [5.74, 6) is 1.69. The maximum Gasteiger partial charge on any atom is 0.169 e. The summed E-state index contributed by atoms with van der Waals surface area (Å²) >= 11 is 1.87. The highest BCUT2D eigenvalue weighted by molar-refractivity contribution is 7.26. The summed E-state index contributed by atoms with van der Waals surface area (Å²) in [7, 11) is 0. The van der Waals surface area contributed by atoms with Crippen molar-refractivity contribution in [1.82, 2.24) is 14.8 Å². The Bertz CT molecular complexity index is 1930. The van der Waals surface area contributed by atoms with Gasteiger partial charge in [0.05, 0.1) is 0 Å². The molecule has 0 saturated heterocycles. The van der Waals surface area contributed by atoms with Crippen LogP contribution < -0.4 is 0 Å². The second kappa shape index (κ2) is 9.09. The van der Waals surface area contributed by atoms with Crippen molar-refractivity contribution in [3.05, 3.63) is 126 Å². The predicted molar refractivity (Wildman–Crippen MR) is 160 cm³/mol.